The summed E-state index contributed by atoms with van der Waals surface area (Å²) in [5.41, 5.74) is 7.35. The van der Waals surface area contributed by atoms with Crippen molar-refractivity contribution in [2.24, 2.45) is 5.73 Å². The molecule has 0 spiro atoms. The molecule has 0 bridgehead atoms. The fourth-order valence-corrected chi connectivity index (χ4v) is 2.82. The molecular weight excluding hydrogens is 316 g/mol. The SMILES string of the molecule is NCCCN(Cc1ccccc1)C(=O)c1ccc2c(c1)OCCCO2. The average molecular weight is 340 g/mol. The van der Waals surface area contributed by atoms with Gasteiger partial charge in [0.2, 0.25) is 0 Å². The van der Waals surface area contributed by atoms with Gasteiger partial charge in [0.05, 0.1) is 13.2 Å². The van der Waals surface area contributed by atoms with Gasteiger partial charge in [0.15, 0.2) is 11.5 Å². The van der Waals surface area contributed by atoms with Crippen LogP contribution in [0.25, 0.3) is 0 Å². The highest BCUT2D eigenvalue weighted by Gasteiger charge is 2.19. The molecule has 1 heterocycles. The van der Waals surface area contributed by atoms with Crippen LogP contribution in [0.5, 0.6) is 11.5 Å². The molecule has 0 fully saturated rings. The van der Waals surface area contributed by atoms with E-state index in [1.807, 2.05) is 41.3 Å². The maximum atomic E-state index is 13.0. The molecule has 0 atom stereocenters. The lowest BCUT2D eigenvalue weighted by molar-refractivity contribution is 0.0741. The molecule has 3 rings (SSSR count). The lowest BCUT2D eigenvalue weighted by Gasteiger charge is -2.23. The zero-order valence-electron chi connectivity index (χ0n) is 14.3. The number of carbonyl (C=O) groups is 1. The largest absolute Gasteiger partial charge is 0.490 e. The van der Waals surface area contributed by atoms with Crippen LogP contribution in [-0.4, -0.2) is 37.1 Å². The number of ether oxygens (including phenoxy) is 2. The van der Waals surface area contributed by atoms with Crippen LogP contribution in [0.4, 0.5) is 0 Å². The van der Waals surface area contributed by atoms with Crippen LogP contribution in [-0.2, 0) is 6.54 Å². The summed E-state index contributed by atoms with van der Waals surface area (Å²) in [7, 11) is 0. The van der Waals surface area contributed by atoms with Crippen molar-refractivity contribution in [3.05, 3.63) is 59.7 Å². The van der Waals surface area contributed by atoms with Gasteiger partial charge in [-0.15, -0.1) is 0 Å². The predicted molar refractivity (Wildman–Crippen MR) is 96.9 cm³/mol. The highest BCUT2D eigenvalue weighted by Crippen LogP contribution is 2.31. The van der Waals surface area contributed by atoms with Gasteiger partial charge < -0.3 is 20.1 Å². The summed E-state index contributed by atoms with van der Waals surface area (Å²) < 4.78 is 11.3. The fraction of sp³-hybridized carbons (Fsp3) is 0.350. The van der Waals surface area contributed by atoms with Gasteiger partial charge in [-0.1, -0.05) is 30.3 Å². The van der Waals surface area contributed by atoms with Crippen LogP contribution in [0, 0.1) is 0 Å². The van der Waals surface area contributed by atoms with E-state index in [-0.39, 0.29) is 5.91 Å². The van der Waals surface area contributed by atoms with Crippen molar-refractivity contribution < 1.29 is 14.3 Å². The molecule has 0 saturated heterocycles. The van der Waals surface area contributed by atoms with E-state index in [1.54, 1.807) is 12.1 Å². The summed E-state index contributed by atoms with van der Waals surface area (Å²) in [6.07, 6.45) is 1.61. The van der Waals surface area contributed by atoms with E-state index >= 15 is 0 Å². The summed E-state index contributed by atoms with van der Waals surface area (Å²) in [6, 6.07) is 15.4. The third-order valence-electron chi connectivity index (χ3n) is 4.13. The second-order valence-electron chi connectivity index (χ2n) is 6.07. The monoisotopic (exact) mass is 340 g/mol. The Hall–Kier alpha value is -2.53. The summed E-state index contributed by atoms with van der Waals surface area (Å²) in [4.78, 5) is 14.9. The normalized spacial score (nSPS) is 13.2. The van der Waals surface area contributed by atoms with Crippen molar-refractivity contribution in [2.75, 3.05) is 26.3 Å². The van der Waals surface area contributed by atoms with Gasteiger partial charge in [-0.05, 0) is 36.7 Å². The van der Waals surface area contributed by atoms with E-state index in [1.165, 1.54) is 0 Å². The maximum Gasteiger partial charge on any atom is 0.254 e. The number of hydrogen-bond donors (Lipinski definition) is 1. The van der Waals surface area contributed by atoms with Crippen molar-refractivity contribution in [1.29, 1.82) is 0 Å². The highest BCUT2D eigenvalue weighted by atomic mass is 16.5. The molecule has 25 heavy (non-hydrogen) atoms. The third-order valence-corrected chi connectivity index (χ3v) is 4.13. The number of nitrogens with zero attached hydrogens (tertiary/aromatic N) is 1. The minimum absolute atomic E-state index is 0.0204. The molecule has 132 valence electrons. The number of nitrogens with two attached hydrogens (primary N) is 1. The maximum absolute atomic E-state index is 13.0. The molecule has 2 N–H and O–H groups in total. The second-order valence-corrected chi connectivity index (χ2v) is 6.07. The highest BCUT2D eigenvalue weighted by molar-refractivity contribution is 5.95. The Morgan fingerprint density at radius 2 is 1.80 bits per heavy atom. The number of benzene rings is 2. The second kappa shape index (κ2) is 8.53. The zero-order valence-corrected chi connectivity index (χ0v) is 14.3. The molecule has 1 aliphatic heterocycles. The molecule has 0 aliphatic carbocycles. The molecule has 0 radical (unpaired) electrons. The van der Waals surface area contributed by atoms with Crippen LogP contribution < -0.4 is 15.2 Å². The minimum Gasteiger partial charge on any atom is -0.490 e. The van der Waals surface area contributed by atoms with E-state index in [0.717, 1.165) is 18.4 Å². The molecule has 1 aliphatic rings. The number of carbonyl (C=O) groups excluding carboxylic acids is 1. The summed E-state index contributed by atoms with van der Waals surface area (Å²) >= 11 is 0. The van der Waals surface area contributed by atoms with E-state index in [0.29, 0.717) is 49.9 Å². The Balaban J connectivity index is 1.80. The number of rotatable bonds is 6. The van der Waals surface area contributed by atoms with Crippen LogP contribution in [0.1, 0.15) is 28.8 Å². The summed E-state index contributed by atoms with van der Waals surface area (Å²) in [5.74, 6) is 1.32. The van der Waals surface area contributed by atoms with Crippen LogP contribution in [0.15, 0.2) is 48.5 Å². The van der Waals surface area contributed by atoms with Gasteiger partial charge in [-0.3, -0.25) is 4.79 Å². The lowest BCUT2D eigenvalue weighted by Crippen LogP contribution is -2.32. The summed E-state index contributed by atoms with van der Waals surface area (Å²) in [6.45, 7) is 2.98. The average Bonchev–Trinajstić information content (AvgIpc) is 2.90. The number of hydrogen-bond acceptors (Lipinski definition) is 4. The predicted octanol–water partition coefficient (Wildman–Crippen LogP) is 2.84. The third kappa shape index (κ3) is 4.51. The first-order chi connectivity index (χ1) is 12.3. The number of fused-ring (bicyclic) bond motifs is 1. The Labute approximate surface area is 148 Å². The topological polar surface area (TPSA) is 64.8 Å². The quantitative estimate of drug-likeness (QED) is 0.878. The molecule has 0 saturated carbocycles. The molecular formula is C20H24N2O3. The van der Waals surface area contributed by atoms with Crippen molar-refractivity contribution in [2.45, 2.75) is 19.4 Å². The van der Waals surface area contributed by atoms with Gasteiger partial charge in [0, 0.05) is 25.1 Å². The Morgan fingerprint density at radius 1 is 1.04 bits per heavy atom. The molecule has 0 aromatic heterocycles. The van der Waals surface area contributed by atoms with Gasteiger partial charge in [0.25, 0.3) is 5.91 Å². The van der Waals surface area contributed by atoms with Crippen LogP contribution in [0.2, 0.25) is 0 Å². The van der Waals surface area contributed by atoms with Crippen molar-refractivity contribution >= 4 is 5.91 Å². The van der Waals surface area contributed by atoms with E-state index in [4.69, 9.17) is 15.2 Å². The first-order valence-electron chi connectivity index (χ1n) is 8.71. The number of amides is 1. The molecule has 5 heteroatoms. The Bertz CT molecular complexity index is 703. The van der Waals surface area contributed by atoms with E-state index in [2.05, 4.69) is 0 Å². The van der Waals surface area contributed by atoms with E-state index < -0.39 is 0 Å². The first-order valence-corrected chi connectivity index (χ1v) is 8.71. The molecule has 0 unspecified atom stereocenters. The first kappa shape index (κ1) is 17.3. The van der Waals surface area contributed by atoms with Crippen LogP contribution in [0.3, 0.4) is 0 Å². The lowest BCUT2D eigenvalue weighted by atomic mass is 10.1. The molecule has 5 nitrogen and oxygen atoms in total. The zero-order chi connectivity index (χ0) is 17.5. The van der Waals surface area contributed by atoms with Crippen molar-refractivity contribution in [1.82, 2.24) is 4.90 Å². The van der Waals surface area contributed by atoms with Crippen molar-refractivity contribution in [3.8, 4) is 11.5 Å². The smallest absolute Gasteiger partial charge is 0.254 e. The summed E-state index contributed by atoms with van der Waals surface area (Å²) in [5, 5.41) is 0. The standard InChI is InChI=1S/C20H24N2O3/c21-10-4-11-22(15-16-6-2-1-3-7-16)20(23)17-8-9-18-19(14-17)25-13-5-12-24-18/h1-3,6-9,14H,4-5,10-13,15,21H2. The van der Waals surface area contributed by atoms with Gasteiger partial charge >= 0.3 is 0 Å². The molecule has 1 amide bonds. The van der Waals surface area contributed by atoms with Gasteiger partial charge in [0.1, 0.15) is 0 Å². The van der Waals surface area contributed by atoms with Gasteiger partial charge in [-0.2, -0.15) is 0 Å². The Kier molecular flexibility index (Phi) is 5.90. The molecule has 2 aromatic carbocycles. The fourth-order valence-electron chi connectivity index (χ4n) is 2.82. The Morgan fingerprint density at radius 3 is 2.56 bits per heavy atom. The van der Waals surface area contributed by atoms with Crippen molar-refractivity contribution in [3.63, 3.8) is 0 Å². The van der Waals surface area contributed by atoms with Gasteiger partial charge in [-0.25, -0.2) is 0 Å². The molecule has 2 aromatic rings. The minimum atomic E-state index is -0.0204. The van der Waals surface area contributed by atoms with E-state index in [9.17, 15) is 4.79 Å². The van der Waals surface area contributed by atoms with Crippen LogP contribution >= 0.6 is 0 Å².